The van der Waals surface area contributed by atoms with E-state index < -0.39 is 47.6 Å². The molecule has 0 saturated carbocycles. The number of nitrogens with one attached hydrogen (secondary N) is 1. The van der Waals surface area contributed by atoms with E-state index in [1.54, 1.807) is 0 Å². The Balaban J connectivity index is 2.16. The van der Waals surface area contributed by atoms with Gasteiger partial charge >= 0.3 is 12.5 Å². The number of aliphatic hydroxyl groups is 1. The maximum atomic E-state index is 14.3. The van der Waals surface area contributed by atoms with E-state index in [1.807, 2.05) is 0 Å². The summed E-state index contributed by atoms with van der Waals surface area (Å²) in [5.41, 5.74) is -2.94. The Bertz CT molecular complexity index is 1190. The molecule has 0 unspecified atom stereocenters. The Morgan fingerprint density at radius 3 is 2.30 bits per heavy atom. The monoisotopic (exact) mass is 479 g/mol. The average Bonchev–Trinajstić information content (AvgIpc) is 2.96. The first-order valence-electron chi connectivity index (χ1n) is 9.21. The molecule has 2 N–H and O–H groups in total. The molecule has 0 aliphatic carbocycles. The summed E-state index contributed by atoms with van der Waals surface area (Å²) in [7, 11) is 0. The maximum absolute atomic E-state index is 14.3. The number of carbonyl (C=O) groups is 1. The van der Waals surface area contributed by atoms with E-state index in [9.17, 15) is 40.6 Å². The molecule has 13 heteroatoms. The van der Waals surface area contributed by atoms with E-state index in [0.29, 0.717) is 18.2 Å². The SMILES string of the molecule is CC(C)(O)CC(=O)Nc1nc2ccc(C(F)(F)F)cc2n1-c1ccc(OC(F)(F)F)c(F)c1. The summed E-state index contributed by atoms with van der Waals surface area (Å²) >= 11 is 0. The standard InChI is InChI=1S/C20H16F7N3O3/c1-18(2,32)9-16(31)29-17-28-13-5-3-10(19(22,23)24)7-14(13)30(17)11-4-6-15(12(21)8-11)33-20(25,26)27/h3-8,32H,9H2,1-2H3,(H,28,29,31). The summed E-state index contributed by atoms with van der Waals surface area (Å²) in [6.07, 6.45) is -10.3. The number of ether oxygens (including phenoxy) is 1. The summed E-state index contributed by atoms with van der Waals surface area (Å²) in [4.78, 5) is 16.3. The second-order valence-corrected chi connectivity index (χ2v) is 7.67. The largest absolute Gasteiger partial charge is 0.573 e. The molecule has 0 atom stereocenters. The van der Waals surface area contributed by atoms with Gasteiger partial charge in [0.15, 0.2) is 11.6 Å². The van der Waals surface area contributed by atoms with E-state index in [2.05, 4.69) is 15.0 Å². The van der Waals surface area contributed by atoms with Gasteiger partial charge in [0, 0.05) is 6.07 Å². The quantitative estimate of drug-likeness (QED) is 0.495. The fourth-order valence-corrected chi connectivity index (χ4v) is 2.99. The first-order chi connectivity index (χ1) is 15.0. The van der Waals surface area contributed by atoms with Crippen LogP contribution in [0.5, 0.6) is 5.75 Å². The number of aromatic nitrogens is 2. The van der Waals surface area contributed by atoms with Gasteiger partial charge in [-0.1, -0.05) is 0 Å². The first kappa shape index (κ1) is 24.3. The van der Waals surface area contributed by atoms with Gasteiger partial charge in [0.05, 0.1) is 34.3 Å². The molecule has 6 nitrogen and oxygen atoms in total. The summed E-state index contributed by atoms with van der Waals surface area (Å²) in [6, 6.07) is 4.66. The van der Waals surface area contributed by atoms with Crippen molar-refractivity contribution < 1.29 is 45.4 Å². The fraction of sp³-hybridized carbons (Fsp3) is 0.300. The summed E-state index contributed by atoms with van der Waals surface area (Å²) in [5.74, 6) is -3.69. The first-order valence-corrected chi connectivity index (χ1v) is 9.21. The minimum Gasteiger partial charge on any atom is -0.403 e. The van der Waals surface area contributed by atoms with Crippen molar-refractivity contribution in [3.05, 3.63) is 47.8 Å². The van der Waals surface area contributed by atoms with Crippen molar-refractivity contribution in [3.63, 3.8) is 0 Å². The summed E-state index contributed by atoms with van der Waals surface area (Å²) in [6.45, 7) is 2.69. The van der Waals surface area contributed by atoms with Crippen LogP contribution in [0.15, 0.2) is 36.4 Å². The number of nitrogens with zero attached hydrogens (tertiary/aromatic N) is 2. The predicted molar refractivity (Wildman–Crippen MR) is 102 cm³/mol. The lowest BCUT2D eigenvalue weighted by Crippen LogP contribution is -2.28. The molecule has 0 bridgehead atoms. The van der Waals surface area contributed by atoms with Gasteiger partial charge in [-0.05, 0) is 44.2 Å². The lowest BCUT2D eigenvalue weighted by Gasteiger charge is -2.17. The van der Waals surface area contributed by atoms with Gasteiger partial charge in [-0.3, -0.25) is 14.7 Å². The van der Waals surface area contributed by atoms with E-state index in [-0.39, 0.29) is 22.7 Å². The van der Waals surface area contributed by atoms with Gasteiger partial charge in [-0.15, -0.1) is 13.2 Å². The van der Waals surface area contributed by atoms with Crippen molar-refractivity contribution in [2.75, 3.05) is 5.32 Å². The Hall–Kier alpha value is -3.35. The number of rotatable bonds is 5. The maximum Gasteiger partial charge on any atom is 0.573 e. The van der Waals surface area contributed by atoms with Crippen LogP contribution in [0.25, 0.3) is 16.7 Å². The highest BCUT2D eigenvalue weighted by Crippen LogP contribution is 2.35. The average molecular weight is 479 g/mol. The van der Waals surface area contributed by atoms with Crippen LogP contribution in [0.3, 0.4) is 0 Å². The van der Waals surface area contributed by atoms with Crippen LogP contribution in [-0.2, 0) is 11.0 Å². The number of benzene rings is 2. The van der Waals surface area contributed by atoms with Gasteiger partial charge in [0.25, 0.3) is 0 Å². The highest BCUT2D eigenvalue weighted by atomic mass is 19.4. The Morgan fingerprint density at radius 2 is 1.76 bits per heavy atom. The second-order valence-electron chi connectivity index (χ2n) is 7.67. The fourth-order valence-electron chi connectivity index (χ4n) is 2.99. The lowest BCUT2D eigenvalue weighted by molar-refractivity contribution is -0.275. The highest BCUT2D eigenvalue weighted by molar-refractivity contribution is 5.93. The number of hydrogen-bond acceptors (Lipinski definition) is 4. The van der Waals surface area contributed by atoms with Crippen molar-refractivity contribution >= 4 is 22.9 Å². The van der Waals surface area contributed by atoms with E-state index in [4.69, 9.17) is 0 Å². The van der Waals surface area contributed by atoms with Crippen LogP contribution >= 0.6 is 0 Å². The highest BCUT2D eigenvalue weighted by Gasteiger charge is 2.33. The van der Waals surface area contributed by atoms with Gasteiger partial charge in [0.2, 0.25) is 11.9 Å². The van der Waals surface area contributed by atoms with Crippen LogP contribution in [0.2, 0.25) is 0 Å². The molecule has 0 fully saturated rings. The van der Waals surface area contributed by atoms with Crippen LogP contribution in [0.4, 0.5) is 36.7 Å². The Labute approximate surface area is 181 Å². The predicted octanol–water partition coefficient (Wildman–Crippen LogP) is 5.18. The van der Waals surface area contributed by atoms with Crippen LogP contribution in [0.1, 0.15) is 25.8 Å². The number of carbonyl (C=O) groups excluding carboxylic acids is 1. The molecule has 1 heterocycles. The van der Waals surface area contributed by atoms with Crippen LogP contribution in [0, 0.1) is 5.82 Å². The smallest absolute Gasteiger partial charge is 0.403 e. The zero-order chi connectivity index (χ0) is 24.8. The third kappa shape index (κ3) is 5.92. The summed E-state index contributed by atoms with van der Waals surface area (Å²) in [5, 5.41) is 12.1. The van der Waals surface area contributed by atoms with E-state index in [0.717, 1.165) is 22.8 Å². The summed E-state index contributed by atoms with van der Waals surface area (Å²) < 4.78 is 95.7. The Morgan fingerprint density at radius 1 is 1.09 bits per heavy atom. The number of imidazole rings is 1. The molecule has 0 spiro atoms. The number of anilines is 1. The minimum absolute atomic E-state index is 0.0161. The number of amides is 1. The van der Waals surface area contributed by atoms with Crippen molar-refractivity contribution in [1.29, 1.82) is 0 Å². The molecule has 0 saturated heterocycles. The molecule has 3 rings (SSSR count). The van der Waals surface area contributed by atoms with Crippen molar-refractivity contribution in [3.8, 4) is 11.4 Å². The molecule has 0 aliphatic rings. The number of fused-ring (bicyclic) bond motifs is 1. The Kier molecular flexibility index (Phi) is 6.04. The lowest BCUT2D eigenvalue weighted by atomic mass is 10.1. The molecule has 0 radical (unpaired) electrons. The number of hydrogen-bond donors (Lipinski definition) is 2. The third-order valence-electron chi connectivity index (χ3n) is 4.23. The van der Waals surface area contributed by atoms with Gasteiger partial charge in [-0.25, -0.2) is 9.37 Å². The van der Waals surface area contributed by atoms with E-state index in [1.165, 1.54) is 13.8 Å². The molecule has 2 aromatic carbocycles. The van der Waals surface area contributed by atoms with Gasteiger partial charge in [-0.2, -0.15) is 13.2 Å². The van der Waals surface area contributed by atoms with Crippen molar-refractivity contribution in [2.24, 2.45) is 0 Å². The number of halogens is 7. The molecule has 33 heavy (non-hydrogen) atoms. The minimum atomic E-state index is -5.16. The van der Waals surface area contributed by atoms with Crippen molar-refractivity contribution in [2.45, 2.75) is 38.4 Å². The molecule has 0 aliphatic heterocycles. The van der Waals surface area contributed by atoms with Gasteiger partial charge in [0.1, 0.15) is 0 Å². The normalized spacial score (nSPS) is 12.8. The molecule has 3 aromatic rings. The van der Waals surface area contributed by atoms with Crippen LogP contribution in [-0.4, -0.2) is 32.5 Å². The molecule has 1 amide bonds. The van der Waals surface area contributed by atoms with Crippen LogP contribution < -0.4 is 10.1 Å². The third-order valence-corrected chi connectivity index (χ3v) is 4.23. The van der Waals surface area contributed by atoms with Crippen molar-refractivity contribution in [1.82, 2.24) is 9.55 Å². The zero-order valence-electron chi connectivity index (χ0n) is 17.0. The zero-order valence-corrected chi connectivity index (χ0v) is 17.0. The van der Waals surface area contributed by atoms with E-state index >= 15 is 0 Å². The molecular weight excluding hydrogens is 463 g/mol. The second kappa shape index (κ2) is 8.21. The number of alkyl halides is 6. The molecular formula is C20H16F7N3O3. The van der Waals surface area contributed by atoms with Gasteiger partial charge < -0.3 is 9.84 Å². The molecule has 178 valence electrons. The molecule has 1 aromatic heterocycles. The topological polar surface area (TPSA) is 76.4 Å².